The quantitative estimate of drug-likeness (QED) is 0.773. The Balaban J connectivity index is 2.07. The van der Waals surface area contributed by atoms with E-state index in [0.29, 0.717) is 15.7 Å². The zero-order valence-electron chi connectivity index (χ0n) is 14.2. The van der Waals surface area contributed by atoms with E-state index in [9.17, 15) is 9.59 Å². The van der Waals surface area contributed by atoms with E-state index in [1.165, 1.54) is 11.8 Å². The van der Waals surface area contributed by atoms with Crippen molar-refractivity contribution >= 4 is 46.4 Å². The molecule has 0 atom stereocenters. The van der Waals surface area contributed by atoms with E-state index in [0.717, 1.165) is 17.7 Å². The minimum atomic E-state index is -0.203. The molecule has 2 aromatic rings. The van der Waals surface area contributed by atoms with Crippen LogP contribution in [0.25, 0.3) is 0 Å². The third-order valence-corrected chi connectivity index (χ3v) is 4.65. The first kappa shape index (κ1) is 19.3. The van der Waals surface area contributed by atoms with Crippen LogP contribution >= 0.6 is 23.2 Å². The third-order valence-electron chi connectivity index (χ3n) is 3.84. The topological polar surface area (TPSA) is 49.4 Å². The van der Waals surface area contributed by atoms with Crippen molar-refractivity contribution < 1.29 is 9.59 Å². The van der Waals surface area contributed by atoms with Crippen LogP contribution in [0.1, 0.15) is 25.8 Å². The van der Waals surface area contributed by atoms with E-state index in [1.54, 1.807) is 18.2 Å². The number of amides is 2. The van der Waals surface area contributed by atoms with E-state index in [2.05, 4.69) is 5.32 Å². The second kappa shape index (κ2) is 8.88. The van der Waals surface area contributed by atoms with E-state index >= 15 is 0 Å². The lowest BCUT2D eigenvalue weighted by molar-refractivity contribution is -0.117. The molecule has 132 valence electrons. The van der Waals surface area contributed by atoms with Crippen molar-refractivity contribution in [3.05, 3.63) is 58.1 Å². The Labute approximate surface area is 157 Å². The van der Waals surface area contributed by atoms with Gasteiger partial charge in [0.25, 0.3) is 0 Å². The summed E-state index contributed by atoms with van der Waals surface area (Å²) in [6, 6.07) is 12.7. The molecule has 0 radical (unpaired) electrons. The molecule has 0 aliphatic rings. The number of hydrogen-bond acceptors (Lipinski definition) is 2. The highest BCUT2D eigenvalue weighted by Crippen LogP contribution is 2.32. The van der Waals surface area contributed by atoms with Crippen molar-refractivity contribution in [1.29, 1.82) is 0 Å². The van der Waals surface area contributed by atoms with Crippen molar-refractivity contribution in [1.82, 2.24) is 0 Å². The van der Waals surface area contributed by atoms with Crippen LogP contribution in [0.15, 0.2) is 42.5 Å². The molecule has 0 saturated carbocycles. The molecule has 0 aliphatic carbocycles. The number of aryl methyl sites for hydroxylation is 1. The van der Waals surface area contributed by atoms with Crippen LogP contribution in [0.5, 0.6) is 0 Å². The molecule has 2 aromatic carbocycles. The van der Waals surface area contributed by atoms with Gasteiger partial charge in [-0.25, -0.2) is 0 Å². The average Bonchev–Trinajstić information content (AvgIpc) is 2.59. The van der Waals surface area contributed by atoms with E-state index < -0.39 is 0 Å². The average molecular weight is 379 g/mol. The second-order valence-electron chi connectivity index (χ2n) is 5.55. The van der Waals surface area contributed by atoms with Crippen molar-refractivity contribution in [2.75, 3.05) is 16.8 Å². The van der Waals surface area contributed by atoms with Crippen molar-refractivity contribution in [2.45, 2.75) is 26.7 Å². The third kappa shape index (κ3) is 4.97. The summed E-state index contributed by atoms with van der Waals surface area (Å²) in [5.41, 5.74) is 2.37. The molecule has 0 fully saturated rings. The Hall–Kier alpha value is -2.04. The van der Waals surface area contributed by atoms with Crippen LogP contribution in [0.4, 0.5) is 11.4 Å². The SMILES string of the molecule is CCc1ccccc1NC(=O)CCN(C(C)=O)c1cccc(Cl)c1Cl. The predicted octanol–water partition coefficient (Wildman–Crippen LogP) is 4.94. The molecule has 0 aromatic heterocycles. The standard InChI is InChI=1S/C19H20Cl2N2O2/c1-3-14-7-4-5-9-16(14)22-18(25)11-12-23(13(2)24)17-10-6-8-15(20)19(17)21/h4-10H,3,11-12H2,1-2H3,(H,22,25). The number of hydrogen-bond donors (Lipinski definition) is 1. The van der Waals surface area contributed by atoms with Gasteiger partial charge in [0, 0.05) is 25.6 Å². The van der Waals surface area contributed by atoms with E-state index in [-0.39, 0.29) is 24.8 Å². The van der Waals surface area contributed by atoms with Crippen LogP contribution in [0, 0.1) is 0 Å². The van der Waals surface area contributed by atoms with Gasteiger partial charge in [0.15, 0.2) is 0 Å². The Morgan fingerprint density at radius 1 is 1.08 bits per heavy atom. The minimum Gasteiger partial charge on any atom is -0.326 e. The van der Waals surface area contributed by atoms with E-state index in [1.807, 2.05) is 31.2 Å². The van der Waals surface area contributed by atoms with Crippen LogP contribution in [0.2, 0.25) is 10.0 Å². The molecule has 4 nitrogen and oxygen atoms in total. The maximum atomic E-state index is 12.3. The number of carbonyl (C=O) groups excluding carboxylic acids is 2. The zero-order valence-corrected chi connectivity index (χ0v) is 15.7. The predicted molar refractivity (Wildman–Crippen MR) is 104 cm³/mol. The molecular weight excluding hydrogens is 359 g/mol. The number of benzene rings is 2. The van der Waals surface area contributed by atoms with Crippen molar-refractivity contribution in [3.63, 3.8) is 0 Å². The van der Waals surface area contributed by atoms with Gasteiger partial charge in [-0.15, -0.1) is 0 Å². The summed E-state index contributed by atoms with van der Waals surface area (Å²) in [5, 5.41) is 3.57. The first-order chi connectivity index (χ1) is 11.9. The Kier molecular flexibility index (Phi) is 6.85. The van der Waals surface area contributed by atoms with Crippen molar-refractivity contribution in [2.24, 2.45) is 0 Å². The molecule has 0 unspecified atom stereocenters. The zero-order chi connectivity index (χ0) is 18.4. The highest BCUT2D eigenvalue weighted by molar-refractivity contribution is 6.44. The first-order valence-electron chi connectivity index (χ1n) is 8.04. The van der Waals surface area contributed by atoms with Crippen LogP contribution in [-0.4, -0.2) is 18.4 Å². The number of nitrogens with zero attached hydrogens (tertiary/aromatic N) is 1. The maximum Gasteiger partial charge on any atom is 0.226 e. The fraction of sp³-hybridized carbons (Fsp3) is 0.263. The maximum absolute atomic E-state index is 12.3. The fourth-order valence-electron chi connectivity index (χ4n) is 2.53. The summed E-state index contributed by atoms with van der Waals surface area (Å²) in [7, 11) is 0. The summed E-state index contributed by atoms with van der Waals surface area (Å²) in [6.45, 7) is 3.68. The van der Waals surface area contributed by atoms with Gasteiger partial charge in [0.2, 0.25) is 11.8 Å². The highest BCUT2D eigenvalue weighted by atomic mass is 35.5. The normalized spacial score (nSPS) is 10.4. The molecule has 2 amide bonds. The van der Waals surface area contributed by atoms with Gasteiger partial charge in [-0.05, 0) is 30.2 Å². The van der Waals surface area contributed by atoms with Crippen LogP contribution in [0.3, 0.4) is 0 Å². The Morgan fingerprint density at radius 3 is 2.48 bits per heavy atom. The number of para-hydroxylation sites is 1. The number of halogens is 2. The summed E-state index contributed by atoms with van der Waals surface area (Å²) in [6.07, 6.45) is 0.981. The highest BCUT2D eigenvalue weighted by Gasteiger charge is 2.18. The van der Waals surface area contributed by atoms with Crippen LogP contribution in [-0.2, 0) is 16.0 Å². The number of carbonyl (C=O) groups is 2. The van der Waals surface area contributed by atoms with Crippen LogP contribution < -0.4 is 10.2 Å². The lowest BCUT2D eigenvalue weighted by atomic mass is 10.1. The van der Waals surface area contributed by atoms with Gasteiger partial charge >= 0.3 is 0 Å². The lowest BCUT2D eigenvalue weighted by Gasteiger charge is -2.22. The molecule has 0 heterocycles. The molecule has 0 spiro atoms. The van der Waals surface area contributed by atoms with Gasteiger partial charge in [-0.1, -0.05) is 54.4 Å². The minimum absolute atomic E-state index is 0.153. The molecule has 0 bridgehead atoms. The van der Waals surface area contributed by atoms with Gasteiger partial charge in [0.05, 0.1) is 15.7 Å². The number of nitrogens with one attached hydrogen (secondary N) is 1. The summed E-state index contributed by atoms with van der Waals surface area (Å²) < 4.78 is 0. The molecule has 25 heavy (non-hydrogen) atoms. The molecule has 1 N–H and O–H groups in total. The monoisotopic (exact) mass is 378 g/mol. The van der Waals surface area contributed by atoms with Crippen molar-refractivity contribution in [3.8, 4) is 0 Å². The van der Waals surface area contributed by atoms with Gasteiger partial charge in [-0.3, -0.25) is 9.59 Å². The molecule has 0 aliphatic heterocycles. The second-order valence-corrected chi connectivity index (χ2v) is 6.34. The molecule has 0 saturated heterocycles. The Bertz CT molecular complexity index is 778. The largest absolute Gasteiger partial charge is 0.326 e. The number of rotatable bonds is 6. The lowest BCUT2D eigenvalue weighted by Crippen LogP contribution is -2.32. The number of anilines is 2. The smallest absolute Gasteiger partial charge is 0.226 e. The van der Waals surface area contributed by atoms with Gasteiger partial charge < -0.3 is 10.2 Å². The first-order valence-corrected chi connectivity index (χ1v) is 8.79. The summed E-state index contributed by atoms with van der Waals surface area (Å²) in [4.78, 5) is 25.7. The summed E-state index contributed by atoms with van der Waals surface area (Å²) in [5.74, 6) is -0.365. The molecule has 6 heteroatoms. The Morgan fingerprint density at radius 2 is 1.80 bits per heavy atom. The van der Waals surface area contributed by atoms with E-state index in [4.69, 9.17) is 23.2 Å². The van der Waals surface area contributed by atoms with Gasteiger partial charge in [-0.2, -0.15) is 0 Å². The molecular formula is C19H20Cl2N2O2. The molecule has 2 rings (SSSR count). The fourth-order valence-corrected chi connectivity index (χ4v) is 2.92. The van der Waals surface area contributed by atoms with Gasteiger partial charge in [0.1, 0.15) is 0 Å². The summed E-state index contributed by atoms with van der Waals surface area (Å²) >= 11 is 12.2.